The minimum atomic E-state index is -4.64. The Hall–Kier alpha value is -2.28. The van der Waals surface area contributed by atoms with Crippen LogP contribution >= 0.6 is 11.8 Å². The van der Waals surface area contributed by atoms with Crippen LogP contribution in [0.3, 0.4) is 0 Å². The van der Waals surface area contributed by atoms with Crippen LogP contribution in [0, 0.1) is 6.92 Å². The smallest absolute Gasteiger partial charge is 0.329 e. The van der Waals surface area contributed by atoms with E-state index in [2.05, 4.69) is 14.7 Å². The SMILES string of the molecule is Cc1cc(-c2noc(C(F)(F)F)n2)ccc1Sc1ccccc1. The molecular weight excluding hydrogens is 325 g/mol. The van der Waals surface area contributed by atoms with Gasteiger partial charge in [-0.25, -0.2) is 0 Å². The minimum Gasteiger partial charge on any atom is -0.329 e. The summed E-state index contributed by atoms with van der Waals surface area (Å²) in [6.07, 6.45) is -4.64. The molecule has 0 aliphatic rings. The molecule has 0 unspecified atom stereocenters. The van der Waals surface area contributed by atoms with Gasteiger partial charge >= 0.3 is 12.1 Å². The lowest BCUT2D eigenvalue weighted by Gasteiger charge is -2.06. The molecular formula is C16H11F3N2OS. The molecule has 0 N–H and O–H groups in total. The van der Waals surface area contributed by atoms with Gasteiger partial charge in [0.25, 0.3) is 0 Å². The Bertz CT molecular complexity index is 816. The molecule has 0 radical (unpaired) electrons. The fourth-order valence-corrected chi connectivity index (χ4v) is 2.88. The van der Waals surface area contributed by atoms with E-state index < -0.39 is 12.1 Å². The Balaban J connectivity index is 1.86. The van der Waals surface area contributed by atoms with Crippen molar-refractivity contribution in [1.82, 2.24) is 10.1 Å². The fraction of sp³-hybridized carbons (Fsp3) is 0.125. The van der Waals surface area contributed by atoms with E-state index in [-0.39, 0.29) is 5.82 Å². The van der Waals surface area contributed by atoms with Crippen LogP contribution in [-0.4, -0.2) is 10.1 Å². The summed E-state index contributed by atoms with van der Waals surface area (Å²) in [6.45, 7) is 1.89. The highest BCUT2D eigenvalue weighted by molar-refractivity contribution is 7.99. The van der Waals surface area contributed by atoms with E-state index in [4.69, 9.17) is 0 Å². The minimum absolute atomic E-state index is 0.0725. The normalized spacial score (nSPS) is 11.7. The van der Waals surface area contributed by atoms with Crippen molar-refractivity contribution in [3.05, 3.63) is 60.0 Å². The lowest BCUT2D eigenvalue weighted by atomic mass is 10.1. The maximum Gasteiger partial charge on any atom is 0.471 e. The third-order valence-corrected chi connectivity index (χ3v) is 4.26. The molecule has 2 aromatic carbocycles. The summed E-state index contributed by atoms with van der Waals surface area (Å²) < 4.78 is 41.8. The van der Waals surface area contributed by atoms with Crippen LogP contribution in [0.15, 0.2) is 62.8 Å². The second-order valence-corrected chi connectivity index (χ2v) is 5.93. The van der Waals surface area contributed by atoms with Crippen LogP contribution in [0.25, 0.3) is 11.4 Å². The number of benzene rings is 2. The molecule has 7 heteroatoms. The van der Waals surface area contributed by atoms with E-state index in [1.165, 1.54) is 0 Å². The zero-order valence-corrected chi connectivity index (χ0v) is 12.8. The molecule has 0 aliphatic carbocycles. The van der Waals surface area contributed by atoms with Crippen molar-refractivity contribution in [2.45, 2.75) is 22.9 Å². The second kappa shape index (κ2) is 6.08. The summed E-state index contributed by atoms with van der Waals surface area (Å²) >= 11 is 1.58. The number of nitrogens with zero attached hydrogens (tertiary/aromatic N) is 2. The van der Waals surface area contributed by atoms with Crippen molar-refractivity contribution in [1.29, 1.82) is 0 Å². The first-order valence-electron chi connectivity index (χ1n) is 6.68. The number of aromatic nitrogens is 2. The van der Waals surface area contributed by atoms with Gasteiger partial charge in [0.1, 0.15) is 0 Å². The van der Waals surface area contributed by atoms with E-state index in [0.29, 0.717) is 5.56 Å². The van der Waals surface area contributed by atoms with E-state index >= 15 is 0 Å². The number of hydrogen-bond acceptors (Lipinski definition) is 4. The van der Waals surface area contributed by atoms with Gasteiger partial charge in [-0.15, -0.1) is 0 Å². The Morgan fingerprint density at radius 2 is 1.78 bits per heavy atom. The standard InChI is InChI=1S/C16H11F3N2OS/c1-10-9-11(14-20-15(22-21-14)16(17,18)19)7-8-13(10)23-12-5-3-2-4-6-12/h2-9H,1H3. The number of hydrogen-bond donors (Lipinski definition) is 0. The van der Waals surface area contributed by atoms with Gasteiger partial charge in [0.2, 0.25) is 5.82 Å². The van der Waals surface area contributed by atoms with Crippen LogP contribution in [0.1, 0.15) is 11.5 Å². The van der Waals surface area contributed by atoms with Crippen LogP contribution in [0.5, 0.6) is 0 Å². The lowest BCUT2D eigenvalue weighted by Crippen LogP contribution is -2.04. The van der Waals surface area contributed by atoms with Gasteiger partial charge in [0.15, 0.2) is 0 Å². The molecule has 3 nitrogen and oxygen atoms in total. The molecule has 1 heterocycles. The van der Waals surface area contributed by atoms with Crippen molar-refractivity contribution in [3.63, 3.8) is 0 Å². The molecule has 0 bridgehead atoms. The van der Waals surface area contributed by atoms with Crippen LogP contribution in [0.4, 0.5) is 13.2 Å². The Morgan fingerprint density at radius 1 is 1.04 bits per heavy atom. The summed E-state index contributed by atoms with van der Waals surface area (Å²) in [5.74, 6) is -1.41. The van der Waals surface area contributed by atoms with Crippen molar-refractivity contribution in [3.8, 4) is 11.4 Å². The highest BCUT2D eigenvalue weighted by atomic mass is 32.2. The zero-order valence-electron chi connectivity index (χ0n) is 12.0. The third kappa shape index (κ3) is 3.56. The third-order valence-electron chi connectivity index (χ3n) is 3.07. The first-order valence-corrected chi connectivity index (χ1v) is 7.50. The number of aryl methyl sites for hydroxylation is 1. The van der Waals surface area contributed by atoms with Gasteiger partial charge in [0.05, 0.1) is 0 Å². The molecule has 3 rings (SSSR count). The molecule has 1 aromatic heterocycles. The highest BCUT2D eigenvalue weighted by Crippen LogP contribution is 2.33. The molecule has 0 amide bonds. The Labute approximate surface area is 134 Å². The summed E-state index contributed by atoms with van der Waals surface area (Å²) in [5, 5.41) is 3.39. The summed E-state index contributed by atoms with van der Waals surface area (Å²) in [6, 6.07) is 15.1. The summed E-state index contributed by atoms with van der Waals surface area (Å²) in [5.41, 5.74) is 1.41. The average Bonchev–Trinajstić information content (AvgIpc) is 3.00. The monoisotopic (exact) mass is 336 g/mol. The Kier molecular flexibility index (Phi) is 4.12. The van der Waals surface area contributed by atoms with Crippen molar-refractivity contribution in [2.24, 2.45) is 0 Å². The van der Waals surface area contributed by atoms with E-state index in [0.717, 1.165) is 15.4 Å². The van der Waals surface area contributed by atoms with Gasteiger partial charge in [-0.05, 0) is 42.8 Å². The maximum atomic E-state index is 12.5. The molecule has 0 saturated carbocycles. The topological polar surface area (TPSA) is 38.9 Å². The number of alkyl halides is 3. The van der Waals surface area contributed by atoms with Gasteiger partial charge in [-0.3, -0.25) is 0 Å². The maximum absolute atomic E-state index is 12.5. The molecule has 23 heavy (non-hydrogen) atoms. The zero-order chi connectivity index (χ0) is 16.4. The van der Waals surface area contributed by atoms with E-state index in [1.807, 2.05) is 43.3 Å². The first kappa shape index (κ1) is 15.6. The quantitative estimate of drug-likeness (QED) is 0.658. The fourth-order valence-electron chi connectivity index (χ4n) is 1.97. The molecule has 0 atom stereocenters. The molecule has 0 saturated heterocycles. The van der Waals surface area contributed by atoms with Gasteiger partial charge in [-0.2, -0.15) is 18.2 Å². The number of halogens is 3. The average molecular weight is 336 g/mol. The highest BCUT2D eigenvalue weighted by Gasteiger charge is 2.38. The van der Waals surface area contributed by atoms with Crippen molar-refractivity contribution in [2.75, 3.05) is 0 Å². The van der Waals surface area contributed by atoms with E-state index in [1.54, 1.807) is 23.9 Å². The lowest BCUT2D eigenvalue weighted by molar-refractivity contribution is -0.159. The predicted octanol–water partition coefficient (Wildman–Crippen LogP) is 5.22. The molecule has 0 fully saturated rings. The van der Waals surface area contributed by atoms with Crippen LogP contribution in [0.2, 0.25) is 0 Å². The van der Waals surface area contributed by atoms with Crippen molar-refractivity contribution >= 4 is 11.8 Å². The largest absolute Gasteiger partial charge is 0.471 e. The molecule has 0 aliphatic heterocycles. The van der Waals surface area contributed by atoms with Gasteiger partial charge in [-0.1, -0.05) is 35.1 Å². The Morgan fingerprint density at radius 3 is 2.39 bits per heavy atom. The number of rotatable bonds is 3. The van der Waals surface area contributed by atoms with Gasteiger partial charge in [0, 0.05) is 15.4 Å². The van der Waals surface area contributed by atoms with Crippen LogP contribution < -0.4 is 0 Å². The van der Waals surface area contributed by atoms with Crippen molar-refractivity contribution < 1.29 is 17.7 Å². The second-order valence-electron chi connectivity index (χ2n) is 4.82. The summed E-state index contributed by atoms with van der Waals surface area (Å²) in [7, 11) is 0. The first-order chi connectivity index (χ1) is 10.9. The molecule has 0 spiro atoms. The van der Waals surface area contributed by atoms with Gasteiger partial charge < -0.3 is 4.52 Å². The molecule has 3 aromatic rings. The predicted molar refractivity (Wildman–Crippen MR) is 80.0 cm³/mol. The van der Waals surface area contributed by atoms with E-state index in [9.17, 15) is 13.2 Å². The molecule has 118 valence electrons. The summed E-state index contributed by atoms with van der Waals surface area (Å²) in [4.78, 5) is 5.50. The van der Waals surface area contributed by atoms with Crippen LogP contribution in [-0.2, 0) is 6.18 Å².